The molecule has 2 aromatic rings. The van der Waals surface area contributed by atoms with Gasteiger partial charge in [0.05, 0.1) is 19.1 Å². The largest absolute Gasteiger partial charge is 0.497 e. The van der Waals surface area contributed by atoms with E-state index in [-0.39, 0.29) is 11.7 Å². The summed E-state index contributed by atoms with van der Waals surface area (Å²) in [6, 6.07) is 12.7. The van der Waals surface area contributed by atoms with Crippen LogP contribution in [0, 0.1) is 0 Å². The molecule has 0 bridgehead atoms. The number of halogens is 1. The summed E-state index contributed by atoms with van der Waals surface area (Å²) in [6.07, 6.45) is 1.62. The van der Waals surface area contributed by atoms with Gasteiger partial charge in [-0.25, -0.2) is 0 Å². The standard InChI is InChI=1S/C21H20BrNO4/c1-26-16-5-6-19-17(12-16)18(24)13-21(27-19)7-9-23(10-8-21)20(25)14-3-2-4-15(22)11-14/h2-6,11-12H,7-10,13H2,1H3. The number of ketones is 1. The van der Waals surface area contributed by atoms with Crippen LogP contribution in [0.15, 0.2) is 46.9 Å². The van der Waals surface area contributed by atoms with Gasteiger partial charge in [-0.1, -0.05) is 22.0 Å². The Labute approximate surface area is 166 Å². The maximum absolute atomic E-state index is 12.7. The molecule has 1 fully saturated rings. The highest BCUT2D eigenvalue weighted by Crippen LogP contribution is 2.40. The third-order valence-electron chi connectivity index (χ3n) is 5.33. The van der Waals surface area contributed by atoms with Gasteiger partial charge >= 0.3 is 0 Å². The molecule has 1 amide bonds. The van der Waals surface area contributed by atoms with Crippen molar-refractivity contribution in [3.63, 3.8) is 0 Å². The van der Waals surface area contributed by atoms with E-state index in [1.807, 2.05) is 29.2 Å². The third kappa shape index (κ3) is 3.46. The molecule has 5 nitrogen and oxygen atoms in total. The summed E-state index contributed by atoms with van der Waals surface area (Å²) in [5, 5.41) is 0. The number of amides is 1. The SMILES string of the molecule is COc1ccc2c(c1)C(=O)CC1(CCN(C(=O)c3cccc(Br)c3)CC1)O2. The van der Waals surface area contributed by atoms with Crippen LogP contribution in [-0.2, 0) is 0 Å². The Morgan fingerprint density at radius 3 is 2.67 bits per heavy atom. The number of ether oxygens (including phenoxy) is 2. The number of piperidine rings is 1. The number of nitrogens with zero attached hydrogens (tertiary/aromatic N) is 1. The zero-order chi connectivity index (χ0) is 19.0. The Morgan fingerprint density at radius 1 is 1.19 bits per heavy atom. The topological polar surface area (TPSA) is 55.8 Å². The number of Topliss-reactive ketones (excluding diaryl/α,β-unsaturated/α-hetero) is 1. The fourth-order valence-corrected chi connectivity index (χ4v) is 4.20. The van der Waals surface area contributed by atoms with Crippen LogP contribution in [0.1, 0.15) is 40.0 Å². The van der Waals surface area contributed by atoms with Gasteiger partial charge in [-0.05, 0) is 36.4 Å². The maximum atomic E-state index is 12.7. The van der Waals surface area contributed by atoms with Crippen LogP contribution in [0.4, 0.5) is 0 Å². The molecular weight excluding hydrogens is 410 g/mol. The van der Waals surface area contributed by atoms with Gasteiger partial charge < -0.3 is 14.4 Å². The lowest BCUT2D eigenvalue weighted by Gasteiger charge is -2.44. The lowest BCUT2D eigenvalue weighted by atomic mass is 9.82. The predicted molar refractivity (Wildman–Crippen MR) is 105 cm³/mol. The molecule has 1 saturated heterocycles. The fraction of sp³-hybridized carbons (Fsp3) is 0.333. The van der Waals surface area contributed by atoms with Gasteiger partial charge in [0, 0.05) is 36.0 Å². The van der Waals surface area contributed by atoms with Gasteiger partial charge in [-0.3, -0.25) is 9.59 Å². The number of methoxy groups -OCH3 is 1. The van der Waals surface area contributed by atoms with E-state index >= 15 is 0 Å². The van der Waals surface area contributed by atoms with E-state index < -0.39 is 5.60 Å². The zero-order valence-corrected chi connectivity index (χ0v) is 16.6. The molecule has 0 radical (unpaired) electrons. The lowest BCUT2D eigenvalue weighted by molar-refractivity contribution is -0.00576. The Hall–Kier alpha value is -2.34. The van der Waals surface area contributed by atoms with Gasteiger partial charge in [0.1, 0.15) is 17.1 Å². The summed E-state index contributed by atoms with van der Waals surface area (Å²) in [4.78, 5) is 27.3. The predicted octanol–water partition coefficient (Wildman–Crippen LogP) is 4.10. The van der Waals surface area contributed by atoms with Crippen molar-refractivity contribution in [3.05, 3.63) is 58.1 Å². The monoisotopic (exact) mass is 429 g/mol. The molecule has 2 aromatic carbocycles. The zero-order valence-electron chi connectivity index (χ0n) is 15.0. The molecule has 2 heterocycles. The van der Waals surface area contributed by atoms with Crippen LogP contribution >= 0.6 is 15.9 Å². The van der Waals surface area contributed by atoms with E-state index in [2.05, 4.69) is 15.9 Å². The van der Waals surface area contributed by atoms with Crippen LogP contribution in [-0.4, -0.2) is 42.4 Å². The van der Waals surface area contributed by atoms with E-state index in [0.717, 1.165) is 4.47 Å². The van der Waals surface area contributed by atoms with Crippen molar-refractivity contribution in [2.24, 2.45) is 0 Å². The number of rotatable bonds is 2. The molecule has 0 aliphatic carbocycles. The Morgan fingerprint density at radius 2 is 1.96 bits per heavy atom. The van der Waals surface area contributed by atoms with Crippen molar-refractivity contribution in [2.75, 3.05) is 20.2 Å². The lowest BCUT2D eigenvalue weighted by Crippen LogP contribution is -2.52. The van der Waals surface area contributed by atoms with Crippen molar-refractivity contribution in [2.45, 2.75) is 24.9 Å². The fourth-order valence-electron chi connectivity index (χ4n) is 3.80. The normalized spacial score (nSPS) is 18.0. The Kier molecular flexibility index (Phi) is 4.68. The highest BCUT2D eigenvalue weighted by atomic mass is 79.9. The molecule has 0 saturated carbocycles. The van der Waals surface area contributed by atoms with Gasteiger partial charge in [0.2, 0.25) is 0 Å². The Bertz CT molecular complexity index is 903. The van der Waals surface area contributed by atoms with E-state index in [1.165, 1.54) is 0 Å². The molecule has 0 N–H and O–H groups in total. The van der Waals surface area contributed by atoms with Gasteiger partial charge in [-0.2, -0.15) is 0 Å². The molecule has 4 rings (SSSR count). The number of benzene rings is 2. The molecule has 140 valence electrons. The Balaban J connectivity index is 1.48. The van der Waals surface area contributed by atoms with Gasteiger partial charge in [0.15, 0.2) is 5.78 Å². The highest BCUT2D eigenvalue weighted by Gasteiger charge is 2.43. The first-order valence-corrected chi connectivity index (χ1v) is 9.74. The average Bonchev–Trinajstić information content (AvgIpc) is 2.68. The molecule has 0 atom stereocenters. The van der Waals surface area contributed by atoms with E-state index in [1.54, 1.807) is 25.3 Å². The molecule has 0 aromatic heterocycles. The summed E-state index contributed by atoms with van der Waals surface area (Å²) in [5.74, 6) is 1.34. The third-order valence-corrected chi connectivity index (χ3v) is 5.82. The van der Waals surface area contributed by atoms with Crippen molar-refractivity contribution in [1.82, 2.24) is 4.90 Å². The minimum atomic E-state index is -0.521. The number of hydrogen-bond donors (Lipinski definition) is 0. The second kappa shape index (κ2) is 7.00. The summed E-state index contributed by atoms with van der Waals surface area (Å²) in [6.45, 7) is 1.15. The van der Waals surface area contributed by atoms with Crippen LogP contribution < -0.4 is 9.47 Å². The van der Waals surface area contributed by atoms with Gasteiger partial charge in [-0.15, -0.1) is 0 Å². The first kappa shape index (κ1) is 18.0. The molecule has 6 heteroatoms. The summed E-state index contributed by atoms with van der Waals surface area (Å²) in [7, 11) is 1.58. The molecule has 0 unspecified atom stereocenters. The van der Waals surface area contributed by atoms with Crippen molar-refractivity contribution in [1.29, 1.82) is 0 Å². The van der Waals surface area contributed by atoms with Crippen molar-refractivity contribution in [3.8, 4) is 11.5 Å². The van der Waals surface area contributed by atoms with Crippen LogP contribution in [0.2, 0.25) is 0 Å². The first-order valence-electron chi connectivity index (χ1n) is 8.95. The number of carbonyl (C=O) groups is 2. The van der Waals surface area contributed by atoms with Crippen molar-refractivity contribution >= 4 is 27.6 Å². The maximum Gasteiger partial charge on any atom is 0.253 e. The number of carbonyl (C=O) groups excluding carboxylic acids is 2. The smallest absolute Gasteiger partial charge is 0.253 e. The number of fused-ring (bicyclic) bond motifs is 1. The van der Waals surface area contributed by atoms with E-state index in [0.29, 0.717) is 55.0 Å². The quantitative estimate of drug-likeness (QED) is 0.720. The van der Waals surface area contributed by atoms with Gasteiger partial charge in [0.25, 0.3) is 5.91 Å². The second-order valence-electron chi connectivity index (χ2n) is 7.05. The highest BCUT2D eigenvalue weighted by molar-refractivity contribution is 9.10. The summed E-state index contributed by atoms with van der Waals surface area (Å²) >= 11 is 3.41. The van der Waals surface area contributed by atoms with Crippen molar-refractivity contribution < 1.29 is 19.1 Å². The minimum absolute atomic E-state index is 0.0124. The molecular formula is C21H20BrNO4. The molecule has 2 aliphatic heterocycles. The number of hydrogen-bond acceptors (Lipinski definition) is 4. The first-order chi connectivity index (χ1) is 13.0. The second-order valence-corrected chi connectivity index (χ2v) is 7.97. The molecule has 1 spiro atoms. The summed E-state index contributed by atoms with van der Waals surface area (Å²) in [5.41, 5.74) is 0.721. The van der Waals surface area contributed by atoms with Crippen LogP contribution in [0.5, 0.6) is 11.5 Å². The van der Waals surface area contributed by atoms with Crippen LogP contribution in [0.25, 0.3) is 0 Å². The van der Waals surface area contributed by atoms with Crippen LogP contribution in [0.3, 0.4) is 0 Å². The minimum Gasteiger partial charge on any atom is -0.497 e. The molecule has 27 heavy (non-hydrogen) atoms. The number of likely N-dealkylation sites (tertiary alicyclic amines) is 1. The molecule has 2 aliphatic rings. The van der Waals surface area contributed by atoms with E-state index in [9.17, 15) is 9.59 Å². The summed E-state index contributed by atoms with van der Waals surface area (Å²) < 4.78 is 12.3. The van der Waals surface area contributed by atoms with E-state index in [4.69, 9.17) is 9.47 Å². The average molecular weight is 430 g/mol.